The number of hydrogen-bond donors (Lipinski definition) is 2. The maximum atomic E-state index is 12.6. The Kier molecular flexibility index (Phi) is 8.24. The Morgan fingerprint density at radius 3 is 2.53 bits per heavy atom. The van der Waals surface area contributed by atoms with E-state index in [1.54, 1.807) is 27.8 Å². The van der Waals surface area contributed by atoms with E-state index in [0.717, 1.165) is 55.3 Å². The summed E-state index contributed by atoms with van der Waals surface area (Å²) in [5.74, 6) is 0.749. The van der Waals surface area contributed by atoms with Crippen molar-refractivity contribution in [1.82, 2.24) is 19.9 Å². The van der Waals surface area contributed by atoms with Crippen LogP contribution >= 0.6 is 11.3 Å². The van der Waals surface area contributed by atoms with Crippen molar-refractivity contribution >= 4 is 27.3 Å². The molecule has 0 unspecified atom stereocenters. The lowest BCUT2D eigenvalue weighted by atomic mass is 10.2. The zero-order valence-corrected chi connectivity index (χ0v) is 19.4. The van der Waals surface area contributed by atoms with Crippen LogP contribution in [-0.2, 0) is 29.4 Å². The summed E-state index contributed by atoms with van der Waals surface area (Å²) in [4.78, 5) is 10.7. The highest BCUT2D eigenvalue weighted by molar-refractivity contribution is 7.89. The summed E-state index contributed by atoms with van der Waals surface area (Å²) in [6.07, 6.45) is 5.71. The maximum Gasteiger partial charge on any atom is 0.243 e. The zero-order chi connectivity index (χ0) is 21.4. The number of sulfonamides is 1. The van der Waals surface area contributed by atoms with Crippen LogP contribution in [0.4, 0.5) is 0 Å². The molecule has 2 heterocycles. The van der Waals surface area contributed by atoms with E-state index in [2.05, 4.69) is 27.5 Å². The molecule has 0 amide bonds. The van der Waals surface area contributed by atoms with Crippen LogP contribution in [0.15, 0.2) is 40.4 Å². The number of guanidine groups is 1. The number of hydrogen-bond acceptors (Lipinski definition) is 5. The van der Waals surface area contributed by atoms with Gasteiger partial charge in [0, 0.05) is 43.7 Å². The molecule has 0 aliphatic carbocycles. The second-order valence-corrected chi connectivity index (χ2v) is 10.3. The summed E-state index contributed by atoms with van der Waals surface area (Å²) in [5, 5.41) is 7.72. The molecule has 0 radical (unpaired) electrons. The van der Waals surface area contributed by atoms with Gasteiger partial charge in [0.25, 0.3) is 0 Å². The summed E-state index contributed by atoms with van der Waals surface area (Å²) in [5.41, 5.74) is 0.972. The fraction of sp³-hybridized carbons (Fsp3) is 0.524. The molecule has 0 bridgehead atoms. The lowest BCUT2D eigenvalue weighted by molar-refractivity contribution is 0.477. The number of thiazole rings is 1. The Morgan fingerprint density at radius 1 is 1.17 bits per heavy atom. The minimum atomic E-state index is -3.37. The van der Waals surface area contributed by atoms with Crippen molar-refractivity contribution in [2.45, 2.75) is 51.0 Å². The molecule has 1 aliphatic heterocycles. The van der Waals surface area contributed by atoms with Crippen molar-refractivity contribution < 1.29 is 8.42 Å². The monoisotopic (exact) mass is 449 g/mol. The molecule has 164 valence electrons. The van der Waals surface area contributed by atoms with Gasteiger partial charge in [0.1, 0.15) is 0 Å². The molecule has 0 atom stereocenters. The van der Waals surface area contributed by atoms with Gasteiger partial charge in [-0.25, -0.2) is 18.4 Å². The van der Waals surface area contributed by atoms with Crippen molar-refractivity contribution in [3.63, 3.8) is 0 Å². The molecular formula is C21H31N5O2S2. The zero-order valence-electron chi connectivity index (χ0n) is 17.7. The second-order valence-electron chi connectivity index (χ2n) is 7.20. The van der Waals surface area contributed by atoms with Crippen LogP contribution in [0.25, 0.3) is 0 Å². The average Bonchev–Trinajstić information content (AvgIpc) is 3.45. The Hall–Kier alpha value is -1.97. The maximum absolute atomic E-state index is 12.6. The quantitative estimate of drug-likeness (QED) is 0.454. The molecule has 1 aliphatic rings. The Balaban J connectivity index is 1.55. The standard InChI is InChI=1S/C21H31N5O2S2/c1-3-18-16-24-20(29-18)11-12-23-21(22-4-2)25-15-17-7-9-19(10-8-17)30(27,28)26-13-5-6-14-26/h7-10,16H,3-6,11-15H2,1-2H3,(H2,22,23,25). The molecular weight excluding hydrogens is 418 g/mol. The summed E-state index contributed by atoms with van der Waals surface area (Å²) in [6, 6.07) is 7.06. The van der Waals surface area contributed by atoms with Crippen LogP contribution in [0, 0.1) is 0 Å². The van der Waals surface area contributed by atoms with Gasteiger partial charge in [-0.05, 0) is 43.9 Å². The third-order valence-corrected chi connectivity index (χ3v) is 8.09. The van der Waals surface area contributed by atoms with Crippen LogP contribution in [0.3, 0.4) is 0 Å². The minimum absolute atomic E-state index is 0.358. The predicted octanol–water partition coefficient (Wildman–Crippen LogP) is 2.79. The molecule has 0 saturated carbocycles. The van der Waals surface area contributed by atoms with Crippen molar-refractivity contribution in [2.24, 2.45) is 4.99 Å². The van der Waals surface area contributed by atoms with E-state index < -0.39 is 10.0 Å². The van der Waals surface area contributed by atoms with Crippen molar-refractivity contribution in [2.75, 3.05) is 26.2 Å². The van der Waals surface area contributed by atoms with E-state index in [1.807, 2.05) is 25.3 Å². The minimum Gasteiger partial charge on any atom is -0.357 e. The highest BCUT2D eigenvalue weighted by Crippen LogP contribution is 2.21. The van der Waals surface area contributed by atoms with Gasteiger partial charge >= 0.3 is 0 Å². The Bertz CT molecular complexity index is 933. The number of nitrogens with zero attached hydrogens (tertiary/aromatic N) is 3. The van der Waals surface area contributed by atoms with Gasteiger partial charge in [-0.2, -0.15) is 4.31 Å². The molecule has 7 nitrogen and oxygen atoms in total. The second kappa shape index (κ2) is 10.9. The van der Waals surface area contributed by atoms with Gasteiger partial charge in [0.15, 0.2) is 5.96 Å². The van der Waals surface area contributed by atoms with Crippen LogP contribution in [0.2, 0.25) is 0 Å². The SMILES string of the molecule is CCNC(=NCc1ccc(S(=O)(=O)N2CCCC2)cc1)NCCc1ncc(CC)s1. The van der Waals surface area contributed by atoms with Crippen molar-refractivity contribution in [3.05, 3.63) is 45.9 Å². The highest BCUT2D eigenvalue weighted by Gasteiger charge is 2.26. The molecule has 1 fully saturated rings. The largest absolute Gasteiger partial charge is 0.357 e. The predicted molar refractivity (Wildman–Crippen MR) is 122 cm³/mol. The first-order valence-electron chi connectivity index (χ1n) is 10.6. The normalized spacial score (nSPS) is 15.5. The molecule has 2 aromatic rings. The number of benzene rings is 1. The summed E-state index contributed by atoms with van der Waals surface area (Å²) in [6.45, 7) is 7.42. The van der Waals surface area contributed by atoms with Gasteiger partial charge < -0.3 is 10.6 Å². The van der Waals surface area contributed by atoms with E-state index in [0.29, 0.717) is 24.5 Å². The average molecular weight is 450 g/mol. The fourth-order valence-corrected chi connectivity index (χ4v) is 5.65. The number of aromatic nitrogens is 1. The van der Waals surface area contributed by atoms with Gasteiger partial charge in [0.2, 0.25) is 10.0 Å². The third kappa shape index (κ3) is 6.02. The highest BCUT2D eigenvalue weighted by atomic mass is 32.2. The number of nitrogens with one attached hydrogen (secondary N) is 2. The summed E-state index contributed by atoms with van der Waals surface area (Å²) >= 11 is 1.76. The molecule has 1 aromatic heterocycles. The lowest BCUT2D eigenvalue weighted by Crippen LogP contribution is -2.38. The van der Waals surface area contributed by atoms with E-state index in [9.17, 15) is 8.42 Å². The van der Waals surface area contributed by atoms with Crippen LogP contribution in [0.5, 0.6) is 0 Å². The topological polar surface area (TPSA) is 86.7 Å². The van der Waals surface area contributed by atoms with E-state index in [4.69, 9.17) is 0 Å². The first-order valence-corrected chi connectivity index (χ1v) is 12.8. The molecule has 2 N–H and O–H groups in total. The number of aliphatic imine (C=N–C) groups is 1. The molecule has 3 rings (SSSR count). The first-order chi connectivity index (χ1) is 14.5. The number of aryl methyl sites for hydroxylation is 1. The molecule has 1 saturated heterocycles. The fourth-order valence-electron chi connectivity index (χ4n) is 3.27. The van der Waals surface area contributed by atoms with E-state index >= 15 is 0 Å². The summed E-state index contributed by atoms with van der Waals surface area (Å²) in [7, 11) is -3.37. The third-order valence-electron chi connectivity index (χ3n) is 4.97. The van der Waals surface area contributed by atoms with Gasteiger partial charge in [-0.15, -0.1) is 11.3 Å². The van der Waals surface area contributed by atoms with Gasteiger partial charge in [0.05, 0.1) is 16.4 Å². The smallest absolute Gasteiger partial charge is 0.243 e. The van der Waals surface area contributed by atoms with Crippen molar-refractivity contribution in [1.29, 1.82) is 0 Å². The van der Waals surface area contributed by atoms with E-state index in [-0.39, 0.29) is 0 Å². The van der Waals surface area contributed by atoms with Crippen LogP contribution in [0.1, 0.15) is 42.1 Å². The molecule has 9 heteroatoms. The molecule has 0 spiro atoms. The van der Waals surface area contributed by atoms with Gasteiger partial charge in [-0.3, -0.25) is 0 Å². The first kappa shape index (κ1) is 22.7. The van der Waals surface area contributed by atoms with E-state index in [1.165, 1.54) is 4.88 Å². The van der Waals surface area contributed by atoms with Crippen LogP contribution in [-0.4, -0.2) is 49.8 Å². The molecule has 30 heavy (non-hydrogen) atoms. The number of rotatable bonds is 9. The van der Waals surface area contributed by atoms with Crippen LogP contribution < -0.4 is 10.6 Å². The van der Waals surface area contributed by atoms with Gasteiger partial charge in [-0.1, -0.05) is 19.1 Å². The Labute approximate surface area is 183 Å². The summed E-state index contributed by atoms with van der Waals surface area (Å²) < 4.78 is 26.8. The Morgan fingerprint density at radius 2 is 1.90 bits per heavy atom. The van der Waals surface area contributed by atoms with Crippen molar-refractivity contribution in [3.8, 4) is 0 Å². The molecule has 1 aromatic carbocycles. The lowest BCUT2D eigenvalue weighted by Gasteiger charge is -2.15.